The summed E-state index contributed by atoms with van der Waals surface area (Å²) in [5.74, 6) is 0. The van der Waals surface area contributed by atoms with E-state index >= 15 is 0 Å². The molecule has 0 heterocycles. The monoisotopic (exact) mass is 296 g/mol. The first-order valence-electron chi connectivity index (χ1n) is 5.71. The molecule has 0 spiro atoms. The topological polar surface area (TPSA) is 60.6 Å². The number of hydrogen-bond acceptors (Lipinski definition) is 3. The zero-order valence-electron chi connectivity index (χ0n) is 11.4. The van der Waals surface area contributed by atoms with E-state index in [1.165, 1.54) is 12.1 Å². The Morgan fingerprint density at radius 3 is 2.00 bits per heavy atom. The Labute approximate surface area is 140 Å². The molecule has 6 heteroatoms. The maximum atomic E-state index is 11.9. The van der Waals surface area contributed by atoms with E-state index < -0.39 is 10.0 Å². The molecule has 20 heavy (non-hydrogen) atoms. The van der Waals surface area contributed by atoms with Gasteiger partial charge in [0, 0.05) is 5.36 Å². The number of sulfonamides is 1. The van der Waals surface area contributed by atoms with Gasteiger partial charge >= 0.3 is 29.6 Å². The maximum absolute atomic E-state index is 11.9. The fourth-order valence-corrected chi connectivity index (χ4v) is 2.19. The summed E-state index contributed by atoms with van der Waals surface area (Å²) in [6.07, 6.45) is 0. The van der Waals surface area contributed by atoms with Crippen LogP contribution in [0.2, 0.25) is 0 Å². The SMILES string of the molecule is Cc1ccc(S(=O)(=O)[N-]N=c2cccccc2)cc1.[Na+]. The van der Waals surface area contributed by atoms with E-state index in [0.717, 1.165) is 5.56 Å². The Hall–Kier alpha value is -1.14. The second-order valence-electron chi connectivity index (χ2n) is 4.00. The molecular formula is C14H13N2NaO2S. The van der Waals surface area contributed by atoms with Gasteiger partial charge in [-0.2, -0.15) is 0 Å². The summed E-state index contributed by atoms with van der Waals surface area (Å²) >= 11 is 0. The Balaban J connectivity index is 0.00000200. The van der Waals surface area contributed by atoms with Crippen LogP contribution in [0.15, 0.2) is 70.7 Å². The molecule has 0 aromatic heterocycles. The molecule has 0 bridgehead atoms. The predicted molar refractivity (Wildman–Crippen MR) is 73.7 cm³/mol. The molecule has 0 aliphatic carbocycles. The number of rotatable bonds is 3. The van der Waals surface area contributed by atoms with Crippen LogP contribution in [0, 0.1) is 6.92 Å². The number of aryl methyl sites for hydroxylation is 1. The summed E-state index contributed by atoms with van der Waals surface area (Å²) in [5.41, 5.74) is 0.992. The van der Waals surface area contributed by atoms with Crippen molar-refractivity contribution in [3.63, 3.8) is 0 Å². The summed E-state index contributed by atoms with van der Waals surface area (Å²) in [6.45, 7) is 1.89. The fraction of sp³-hybridized carbons (Fsp3) is 0.0714. The van der Waals surface area contributed by atoms with E-state index in [1.807, 2.05) is 19.1 Å². The minimum Gasteiger partial charge on any atom is -0.490 e. The normalized spacial score (nSPS) is 10.2. The molecule has 2 aromatic rings. The Kier molecular flexibility index (Phi) is 6.42. The van der Waals surface area contributed by atoms with Crippen molar-refractivity contribution < 1.29 is 38.0 Å². The van der Waals surface area contributed by atoms with Gasteiger partial charge in [0.1, 0.15) is 10.0 Å². The van der Waals surface area contributed by atoms with Crippen molar-refractivity contribution in [3.8, 4) is 0 Å². The maximum Gasteiger partial charge on any atom is 1.00 e. The number of hydrogen-bond donors (Lipinski definition) is 0. The van der Waals surface area contributed by atoms with Gasteiger partial charge < -0.3 is 9.93 Å². The van der Waals surface area contributed by atoms with Crippen LogP contribution in [0.25, 0.3) is 4.83 Å². The molecule has 0 unspecified atom stereocenters. The summed E-state index contributed by atoms with van der Waals surface area (Å²) in [6, 6.07) is 17.1. The van der Waals surface area contributed by atoms with Crippen molar-refractivity contribution in [1.82, 2.24) is 0 Å². The molecule has 2 aromatic carbocycles. The zero-order chi connectivity index (χ0) is 13.7. The molecule has 0 aliphatic rings. The molecule has 98 valence electrons. The second kappa shape index (κ2) is 7.59. The average molecular weight is 296 g/mol. The predicted octanol–water partition coefficient (Wildman–Crippen LogP) is -0.423. The van der Waals surface area contributed by atoms with E-state index in [4.69, 9.17) is 0 Å². The van der Waals surface area contributed by atoms with E-state index in [0.29, 0.717) is 5.36 Å². The summed E-state index contributed by atoms with van der Waals surface area (Å²) < 4.78 is 23.9. The van der Waals surface area contributed by atoms with Crippen molar-refractivity contribution in [2.75, 3.05) is 0 Å². The van der Waals surface area contributed by atoms with Gasteiger partial charge in [-0.1, -0.05) is 42.0 Å². The van der Waals surface area contributed by atoms with Crippen LogP contribution >= 0.6 is 0 Å². The van der Waals surface area contributed by atoms with Gasteiger partial charge in [-0.05, 0) is 31.2 Å². The summed E-state index contributed by atoms with van der Waals surface area (Å²) in [7, 11) is -3.74. The summed E-state index contributed by atoms with van der Waals surface area (Å²) in [5, 5.41) is 4.24. The molecule has 4 nitrogen and oxygen atoms in total. The van der Waals surface area contributed by atoms with Gasteiger partial charge in [0.05, 0.1) is 4.90 Å². The molecule has 0 saturated carbocycles. The van der Waals surface area contributed by atoms with Gasteiger partial charge in [0.25, 0.3) is 0 Å². The van der Waals surface area contributed by atoms with E-state index in [1.54, 1.807) is 36.4 Å². The first-order chi connectivity index (χ1) is 9.08. The minimum atomic E-state index is -3.74. The third-order valence-corrected chi connectivity index (χ3v) is 3.61. The van der Waals surface area contributed by atoms with Gasteiger partial charge in [-0.15, -0.1) is 0 Å². The summed E-state index contributed by atoms with van der Waals surface area (Å²) in [4.78, 5) is 3.59. The Bertz CT molecular complexity index is 707. The molecule has 0 saturated heterocycles. The van der Waals surface area contributed by atoms with E-state index in [9.17, 15) is 8.42 Å². The second-order valence-corrected chi connectivity index (χ2v) is 5.58. The van der Waals surface area contributed by atoms with Crippen LogP contribution in [-0.2, 0) is 10.0 Å². The smallest absolute Gasteiger partial charge is 0.490 e. The van der Waals surface area contributed by atoms with Crippen LogP contribution in [0.5, 0.6) is 0 Å². The van der Waals surface area contributed by atoms with Crippen molar-refractivity contribution in [2.24, 2.45) is 5.10 Å². The van der Waals surface area contributed by atoms with Gasteiger partial charge in [-0.25, -0.2) is 8.42 Å². The molecule has 0 amide bonds. The van der Waals surface area contributed by atoms with Gasteiger partial charge in [-0.3, -0.25) is 0 Å². The molecular weight excluding hydrogens is 283 g/mol. The average Bonchev–Trinajstić information content (AvgIpc) is 2.65. The quantitative estimate of drug-likeness (QED) is 0.570. The molecule has 0 N–H and O–H groups in total. The van der Waals surface area contributed by atoms with Crippen LogP contribution < -0.4 is 34.9 Å². The van der Waals surface area contributed by atoms with Gasteiger partial charge in [0.15, 0.2) is 0 Å². The van der Waals surface area contributed by atoms with E-state index in [2.05, 4.69) is 9.93 Å². The van der Waals surface area contributed by atoms with Gasteiger partial charge in [0.2, 0.25) is 0 Å². The number of benzene rings is 1. The van der Waals surface area contributed by atoms with Crippen molar-refractivity contribution >= 4 is 10.0 Å². The minimum absolute atomic E-state index is 0. The standard InChI is InChI=1S/C14H13N2O2S.Na/c1-12-8-10-14(11-9-12)19(17,18)16-15-13-6-4-2-3-5-7-13;/h2-11H,1H3;/q-1;+1. The van der Waals surface area contributed by atoms with E-state index in [-0.39, 0.29) is 34.5 Å². The fourth-order valence-electron chi connectivity index (χ4n) is 1.42. The molecule has 0 fully saturated rings. The first-order valence-corrected chi connectivity index (χ1v) is 7.15. The van der Waals surface area contributed by atoms with Crippen LogP contribution in [0.4, 0.5) is 0 Å². The van der Waals surface area contributed by atoms with Crippen molar-refractivity contribution in [2.45, 2.75) is 11.8 Å². The largest absolute Gasteiger partial charge is 1.00 e. The van der Waals surface area contributed by atoms with Crippen LogP contribution in [-0.4, -0.2) is 8.42 Å². The van der Waals surface area contributed by atoms with Crippen LogP contribution in [0.1, 0.15) is 5.56 Å². The van der Waals surface area contributed by atoms with Crippen molar-refractivity contribution in [1.29, 1.82) is 0 Å². The van der Waals surface area contributed by atoms with Crippen molar-refractivity contribution in [3.05, 3.63) is 76.4 Å². The molecule has 2 rings (SSSR count). The zero-order valence-corrected chi connectivity index (χ0v) is 14.2. The third-order valence-electron chi connectivity index (χ3n) is 2.45. The molecule has 0 radical (unpaired) electrons. The Morgan fingerprint density at radius 2 is 1.45 bits per heavy atom. The first kappa shape index (κ1) is 16.9. The third kappa shape index (κ3) is 4.76. The molecule has 0 atom stereocenters. The Morgan fingerprint density at radius 1 is 0.900 bits per heavy atom. The molecule has 0 aliphatic heterocycles. The van der Waals surface area contributed by atoms with Crippen LogP contribution in [0.3, 0.4) is 0 Å². The number of nitrogens with zero attached hydrogens (tertiary/aromatic N) is 2.